The summed E-state index contributed by atoms with van der Waals surface area (Å²) < 4.78 is 0. The minimum absolute atomic E-state index is 0. The number of piperidine rings is 1. The Hall–Kier alpha value is -2.54. The summed E-state index contributed by atoms with van der Waals surface area (Å²) in [6, 6.07) is 14.5. The lowest BCUT2D eigenvalue weighted by Gasteiger charge is -2.31. The summed E-state index contributed by atoms with van der Waals surface area (Å²) in [5, 5.41) is 5.32. The van der Waals surface area contributed by atoms with Crippen molar-refractivity contribution in [3.63, 3.8) is 0 Å². The van der Waals surface area contributed by atoms with Crippen LogP contribution in [0.15, 0.2) is 54.9 Å². The van der Waals surface area contributed by atoms with Crippen LogP contribution < -0.4 is 5.32 Å². The molecule has 0 saturated carbocycles. The van der Waals surface area contributed by atoms with Crippen molar-refractivity contribution in [1.29, 1.82) is 0 Å². The van der Waals surface area contributed by atoms with Crippen molar-refractivity contribution in [3.05, 3.63) is 70.9 Å². The highest BCUT2D eigenvalue weighted by molar-refractivity contribution is 7.20. The minimum atomic E-state index is 0. The standard InChI is InChI=1S/C25H26N4OS.ClH/c1-17-4-5-22-20(11-17)12-21-13-23(31-25(21)28-22)24(30)27-15-18-6-9-29(10-7-18)16-19-3-2-8-26-14-19;/h2-5,8,11-14,18H,6-7,9-10,15-16H2,1H3,(H,27,30);1H. The Morgan fingerprint density at radius 3 is 2.78 bits per heavy atom. The number of halogens is 1. The van der Waals surface area contributed by atoms with Crippen LogP contribution in [0.2, 0.25) is 0 Å². The topological polar surface area (TPSA) is 58.1 Å². The third-order valence-electron chi connectivity index (χ3n) is 6.07. The van der Waals surface area contributed by atoms with Gasteiger partial charge in [-0.1, -0.05) is 17.7 Å². The van der Waals surface area contributed by atoms with E-state index >= 15 is 0 Å². The number of nitrogens with one attached hydrogen (secondary N) is 1. The molecule has 0 aliphatic carbocycles. The Labute approximate surface area is 198 Å². The summed E-state index contributed by atoms with van der Waals surface area (Å²) in [6.07, 6.45) is 5.98. The molecule has 1 aromatic carbocycles. The van der Waals surface area contributed by atoms with Crippen LogP contribution in [0.25, 0.3) is 21.1 Å². The first-order valence-electron chi connectivity index (χ1n) is 10.8. The van der Waals surface area contributed by atoms with E-state index in [4.69, 9.17) is 4.98 Å². The fourth-order valence-corrected chi connectivity index (χ4v) is 5.23. The van der Waals surface area contributed by atoms with Gasteiger partial charge in [-0.2, -0.15) is 0 Å². The van der Waals surface area contributed by atoms with Gasteiger partial charge in [-0.3, -0.25) is 14.7 Å². The quantitative estimate of drug-likeness (QED) is 0.438. The van der Waals surface area contributed by atoms with Gasteiger partial charge >= 0.3 is 0 Å². The van der Waals surface area contributed by atoms with Crippen molar-refractivity contribution in [2.45, 2.75) is 26.3 Å². The predicted octanol–water partition coefficient (Wildman–Crippen LogP) is 5.22. The maximum absolute atomic E-state index is 12.8. The third-order valence-corrected chi connectivity index (χ3v) is 7.11. The van der Waals surface area contributed by atoms with E-state index in [0.717, 1.165) is 65.0 Å². The van der Waals surface area contributed by atoms with Crippen LogP contribution in [-0.4, -0.2) is 40.4 Å². The van der Waals surface area contributed by atoms with Crippen molar-refractivity contribution in [1.82, 2.24) is 20.2 Å². The van der Waals surface area contributed by atoms with Gasteiger partial charge in [0.2, 0.25) is 0 Å². The fourth-order valence-electron chi connectivity index (χ4n) is 4.29. The first kappa shape index (κ1) is 22.6. The first-order chi connectivity index (χ1) is 15.1. The van der Waals surface area contributed by atoms with E-state index in [0.29, 0.717) is 5.92 Å². The zero-order chi connectivity index (χ0) is 21.2. The van der Waals surface area contributed by atoms with E-state index in [2.05, 4.69) is 46.4 Å². The molecule has 166 valence electrons. The molecule has 32 heavy (non-hydrogen) atoms. The number of carbonyl (C=O) groups excluding carboxylic acids is 1. The highest BCUT2D eigenvalue weighted by atomic mass is 35.5. The molecule has 5 rings (SSSR count). The maximum Gasteiger partial charge on any atom is 0.261 e. The Morgan fingerprint density at radius 1 is 1.16 bits per heavy atom. The van der Waals surface area contributed by atoms with Crippen LogP contribution in [0, 0.1) is 12.8 Å². The van der Waals surface area contributed by atoms with E-state index in [1.165, 1.54) is 22.5 Å². The number of pyridine rings is 2. The normalized spacial score (nSPS) is 15.0. The largest absolute Gasteiger partial charge is 0.351 e. The Bertz CT molecular complexity index is 1220. The summed E-state index contributed by atoms with van der Waals surface area (Å²) in [7, 11) is 0. The smallest absolute Gasteiger partial charge is 0.261 e. The molecule has 4 heterocycles. The van der Waals surface area contributed by atoms with Gasteiger partial charge in [-0.25, -0.2) is 4.98 Å². The average molecular weight is 467 g/mol. The van der Waals surface area contributed by atoms with Crippen molar-refractivity contribution in [2.75, 3.05) is 19.6 Å². The van der Waals surface area contributed by atoms with Crippen LogP contribution in [0.4, 0.5) is 0 Å². The molecule has 1 N–H and O–H groups in total. The molecular formula is C25H27ClN4OS. The Balaban J connectivity index is 0.00000245. The van der Waals surface area contributed by atoms with Gasteiger partial charge in [0.05, 0.1) is 10.4 Å². The first-order valence-corrected chi connectivity index (χ1v) is 11.7. The number of hydrogen-bond acceptors (Lipinski definition) is 5. The van der Waals surface area contributed by atoms with E-state index in [1.54, 1.807) is 0 Å². The second-order valence-corrected chi connectivity index (χ2v) is 9.51. The number of carbonyl (C=O) groups is 1. The van der Waals surface area contributed by atoms with Gasteiger partial charge in [-0.05, 0) is 74.7 Å². The highest BCUT2D eigenvalue weighted by Gasteiger charge is 2.20. The Kier molecular flexibility index (Phi) is 7.04. The van der Waals surface area contributed by atoms with Crippen molar-refractivity contribution in [2.24, 2.45) is 5.92 Å². The number of hydrogen-bond donors (Lipinski definition) is 1. The number of likely N-dealkylation sites (tertiary alicyclic amines) is 1. The molecule has 0 atom stereocenters. The van der Waals surface area contributed by atoms with E-state index in [1.807, 2.05) is 30.6 Å². The lowest BCUT2D eigenvalue weighted by atomic mass is 9.96. The number of amides is 1. The number of nitrogens with zero attached hydrogens (tertiary/aromatic N) is 3. The number of thiophene rings is 1. The van der Waals surface area contributed by atoms with Gasteiger partial charge in [0.1, 0.15) is 4.83 Å². The molecule has 1 aliphatic heterocycles. The molecule has 0 unspecified atom stereocenters. The molecule has 0 radical (unpaired) electrons. The molecule has 0 spiro atoms. The summed E-state index contributed by atoms with van der Waals surface area (Å²) in [5.74, 6) is 0.549. The molecule has 0 bridgehead atoms. The number of aromatic nitrogens is 2. The third kappa shape index (κ3) is 5.09. The van der Waals surface area contributed by atoms with Crippen LogP contribution in [0.3, 0.4) is 0 Å². The van der Waals surface area contributed by atoms with Gasteiger partial charge in [0.25, 0.3) is 5.91 Å². The van der Waals surface area contributed by atoms with Crippen LogP contribution in [0.1, 0.15) is 33.6 Å². The van der Waals surface area contributed by atoms with Gasteiger partial charge in [0, 0.05) is 36.3 Å². The minimum Gasteiger partial charge on any atom is -0.351 e. The number of aryl methyl sites for hydroxylation is 1. The highest BCUT2D eigenvalue weighted by Crippen LogP contribution is 2.28. The summed E-state index contributed by atoms with van der Waals surface area (Å²) in [6.45, 7) is 5.90. The molecule has 5 nitrogen and oxygen atoms in total. The molecule has 3 aromatic heterocycles. The van der Waals surface area contributed by atoms with Gasteiger partial charge in [-0.15, -0.1) is 23.7 Å². The molecule has 4 aromatic rings. The SMILES string of the molecule is Cc1ccc2nc3sc(C(=O)NCC4CCN(Cc5cccnc5)CC4)cc3cc2c1.Cl. The molecule has 1 saturated heterocycles. The van der Waals surface area contributed by atoms with Gasteiger partial charge < -0.3 is 5.32 Å². The van der Waals surface area contributed by atoms with Gasteiger partial charge in [0.15, 0.2) is 0 Å². The number of fused-ring (bicyclic) bond motifs is 2. The second kappa shape index (κ2) is 9.94. The van der Waals surface area contributed by atoms with Crippen LogP contribution >= 0.6 is 23.7 Å². The summed E-state index contributed by atoms with van der Waals surface area (Å²) >= 11 is 1.48. The molecule has 1 aliphatic rings. The van der Waals surface area contributed by atoms with Crippen molar-refractivity contribution >= 4 is 50.8 Å². The van der Waals surface area contributed by atoms with Crippen molar-refractivity contribution in [3.8, 4) is 0 Å². The molecule has 1 fully saturated rings. The zero-order valence-corrected chi connectivity index (χ0v) is 19.7. The molecule has 7 heteroatoms. The summed E-state index contributed by atoms with van der Waals surface area (Å²) in [5.41, 5.74) is 3.45. The lowest BCUT2D eigenvalue weighted by Crippen LogP contribution is -2.38. The van der Waals surface area contributed by atoms with E-state index in [-0.39, 0.29) is 18.3 Å². The van der Waals surface area contributed by atoms with Crippen molar-refractivity contribution < 1.29 is 4.79 Å². The lowest BCUT2D eigenvalue weighted by molar-refractivity contribution is 0.0939. The summed E-state index contributed by atoms with van der Waals surface area (Å²) in [4.78, 5) is 25.8. The second-order valence-electron chi connectivity index (χ2n) is 8.48. The zero-order valence-electron chi connectivity index (χ0n) is 18.1. The van der Waals surface area contributed by atoms with E-state index < -0.39 is 0 Å². The number of rotatable bonds is 5. The fraction of sp³-hybridized carbons (Fsp3) is 0.320. The van der Waals surface area contributed by atoms with Crippen LogP contribution in [-0.2, 0) is 6.54 Å². The van der Waals surface area contributed by atoms with Crippen LogP contribution in [0.5, 0.6) is 0 Å². The molecule has 1 amide bonds. The van der Waals surface area contributed by atoms with E-state index in [9.17, 15) is 4.79 Å². The predicted molar refractivity (Wildman–Crippen MR) is 134 cm³/mol. The average Bonchev–Trinajstić information content (AvgIpc) is 3.20. The maximum atomic E-state index is 12.8. The monoisotopic (exact) mass is 466 g/mol. The number of benzene rings is 1. The Morgan fingerprint density at radius 2 is 2.00 bits per heavy atom. The molecular weight excluding hydrogens is 440 g/mol.